The fourth-order valence-corrected chi connectivity index (χ4v) is 7.85. The topological polar surface area (TPSA) is 48.8 Å². The van der Waals surface area contributed by atoms with E-state index in [4.69, 9.17) is 14.4 Å². The molecule has 238 valence electrons. The molecule has 0 fully saturated rings. The van der Waals surface area contributed by atoms with Crippen molar-refractivity contribution in [1.29, 1.82) is 0 Å². The first-order valence-corrected chi connectivity index (χ1v) is 17.2. The summed E-state index contributed by atoms with van der Waals surface area (Å²) in [4.78, 5) is 10.5. The molecule has 5 nitrogen and oxygen atoms in total. The third-order valence-corrected chi connectivity index (χ3v) is 10.1. The van der Waals surface area contributed by atoms with Crippen LogP contribution in [0.4, 0.5) is 0 Å². The molecule has 11 aromatic rings. The van der Waals surface area contributed by atoms with E-state index in [1.165, 1.54) is 0 Å². The van der Waals surface area contributed by atoms with Crippen molar-refractivity contribution in [3.05, 3.63) is 170 Å². The second-order valence-corrected chi connectivity index (χ2v) is 13.0. The number of hydrogen-bond acceptors (Lipinski definition) is 3. The quantitative estimate of drug-likeness (QED) is 0.190. The highest BCUT2D eigenvalue weighted by molar-refractivity contribution is 6.24. The molecule has 0 saturated heterocycles. The standard InChI is InChI=1S/C46H28N4O/c1-4-14-29(15-5-1)38-28-39(30-16-6-2-7-17-30)48-46(47-38)50-40-22-12-10-20-32(40)36-26-41-37(27-42(36)50)34-24-25-35-33-21-11-13-23-43(33)51-45(35)44(34)49(41)31-18-8-3-9-19-31/h1-28H. The summed E-state index contributed by atoms with van der Waals surface area (Å²) in [6.07, 6.45) is 0. The summed E-state index contributed by atoms with van der Waals surface area (Å²) in [7, 11) is 0. The van der Waals surface area contributed by atoms with Gasteiger partial charge in [-0.25, -0.2) is 9.97 Å². The molecule has 0 bridgehead atoms. The van der Waals surface area contributed by atoms with Gasteiger partial charge in [-0.15, -0.1) is 0 Å². The third kappa shape index (κ3) is 4.15. The highest BCUT2D eigenvalue weighted by Gasteiger charge is 2.23. The first kappa shape index (κ1) is 27.9. The first-order valence-electron chi connectivity index (χ1n) is 17.2. The van der Waals surface area contributed by atoms with Gasteiger partial charge in [0.1, 0.15) is 5.58 Å². The van der Waals surface area contributed by atoms with E-state index in [2.05, 4.69) is 155 Å². The molecule has 0 aliphatic rings. The Morgan fingerprint density at radius 3 is 1.65 bits per heavy atom. The van der Waals surface area contributed by atoms with E-state index >= 15 is 0 Å². The fraction of sp³-hybridized carbons (Fsp3) is 0. The minimum Gasteiger partial charge on any atom is -0.454 e. The van der Waals surface area contributed by atoms with Crippen molar-refractivity contribution in [2.24, 2.45) is 0 Å². The highest BCUT2D eigenvalue weighted by Crippen LogP contribution is 2.43. The van der Waals surface area contributed by atoms with Crippen molar-refractivity contribution in [1.82, 2.24) is 19.1 Å². The minimum atomic E-state index is 0.632. The summed E-state index contributed by atoms with van der Waals surface area (Å²) < 4.78 is 11.3. The maximum absolute atomic E-state index is 6.66. The highest BCUT2D eigenvalue weighted by atomic mass is 16.3. The molecule has 0 saturated carbocycles. The number of aromatic nitrogens is 4. The predicted molar refractivity (Wildman–Crippen MR) is 209 cm³/mol. The van der Waals surface area contributed by atoms with Gasteiger partial charge in [0.2, 0.25) is 5.95 Å². The van der Waals surface area contributed by atoms with E-state index in [1.807, 2.05) is 24.3 Å². The molecule has 0 N–H and O–H groups in total. The summed E-state index contributed by atoms with van der Waals surface area (Å²) >= 11 is 0. The minimum absolute atomic E-state index is 0.632. The number of para-hydroxylation sites is 3. The van der Waals surface area contributed by atoms with Crippen LogP contribution in [0, 0.1) is 0 Å². The van der Waals surface area contributed by atoms with Crippen molar-refractivity contribution >= 4 is 65.6 Å². The number of furan rings is 1. The van der Waals surface area contributed by atoms with Crippen molar-refractivity contribution in [2.45, 2.75) is 0 Å². The van der Waals surface area contributed by atoms with Crippen LogP contribution in [0.15, 0.2) is 174 Å². The van der Waals surface area contributed by atoms with Gasteiger partial charge in [0.15, 0.2) is 5.58 Å². The molecule has 7 aromatic carbocycles. The van der Waals surface area contributed by atoms with Crippen LogP contribution in [-0.4, -0.2) is 19.1 Å². The summed E-state index contributed by atoms with van der Waals surface area (Å²) in [6, 6.07) is 59.4. The maximum atomic E-state index is 6.66. The van der Waals surface area contributed by atoms with E-state index in [1.54, 1.807) is 0 Å². The van der Waals surface area contributed by atoms with Crippen LogP contribution in [-0.2, 0) is 0 Å². The predicted octanol–water partition coefficient (Wildman–Crippen LogP) is 11.9. The average Bonchev–Trinajstić information content (AvgIpc) is 3.85. The van der Waals surface area contributed by atoms with Gasteiger partial charge in [0.05, 0.1) is 33.5 Å². The fourth-order valence-electron chi connectivity index (χ4n) is 7.85. The first-order chi connectivity index (χ1) is 25.3. The third-order valence-electron chi connectivity index (χ3n) is 10.1. The number of hydrogen-bond donors (Lipinski definition) is 0. The van der Waals surface area contributed by atoms with Crippen molar-refractivity contribution in [3.63, 3.8) is 0 Å². The number of rotatable bonds is 4. The lowest BCUT2D eigenvalue weighted by Crippen LogP contribution is -2.04. The molecule has 0 spiro atoms. The van der Waals surface area contributed by atoms with Crippen molar-refractivity contribution in [3.8, 4) is 34.2 Å². The van der Waals surface area contributed by atoms with Crippen LogP contribution in [0.1, 0.15) is 0 Å². The molecule has 4 heterocycles. The summed E-state index contributed by atoms with van der Waals surface area (Å²) in [6.45, 7) is 0. The molecular weight excluding hydrogens is 625 g/mol. The zero-order valence-electron chi connectivity index (χ0n) is 27.4. The van der Waals surface area contributed by atoms with Gasteiger partial charge < -0.3 is 8.98 Å². The van der Waals surface area contributed by atoms with Crippen LogP contribution >= 0.6 is 0 Å². The van der Waals surface area contributed by atoms with Gasteiger partial charge in [-0.05, 0) is 48.5 Å². The summed E-state index contributed by atoms with van der Waals surface area (Å²) in [5.74, 6) is 0.632. The van der Waals surface area contributed by atoms with Gasteiger partial charge in [-0.3, -0.25) is 4.57 Å². The second kappa shape index (κ2) is 10.8. The molecule has 0 aliphatic heterocycles. The molecule has 4 aromatic heterocycles. The van der Waals surface area contributed by atoms with Crippen molar-refractivity contribution in [2.75, 3.05) is 0 Å². The smallest absolute Gasteiger partial charge is 0.235 e. The monoisotopic (exact) mass is 652 g/mol. The average molecular weight is 653 g/mol. The van der Waals surface area contributed by atoms with Gasteiger partial charge in [0, 0.05) is 49.1 Å². The molecule has 5 heteroatoms. The Morgan fingerprint density at radius 1 is 0.392 bits per heavy atom. The number of nitrogens with zero attached hydrogens (tertiary/aromatic N) is 4. The molecular formula is C46H28N4O. The van der Waals surface area contributed by atoms with Gasteiger partial charge in [0.25, 0.3) is 0 Å². The lowest BCUT2D eigenvalue weighted by molar-refractivity contribution is 0.671. The Bertz CT molecular complexity index is 3060. The van der Waals surface area contributed by atoms with E-state index in [0.29, 0.717) is 5.95 Å². The second-order valence-electron chi connectivity index (χ2n) is 13.0. The van der Waals surface area contributed by atoms with Crippen LogP contribution in [0.3, 0.4) is 0 Å². The molecule has 0 atom stereocenters. The van der Waals surface area contributed by atoms with E-state index in [-0.39, 0.29) is 0 Å². The van der Waals surface area contributed by atoms with Gasteiger partial charge >= 0.3 is 0 Å². The Kier molecular flexibility index (Phi) is 5.89. The van der Waals surface area contributed by atoms with Crippen LogP contribution in [0.2, 0.25) is 0 Å². The zero-order valence-corrected chi connectivity index (χ0v) is 27.4. The Balaban J connectivity index is 1.28. The van der Waals surface area contributed by atoms with Crippen molar-refractivity contribution < 1.29 is 4.42 Å². The SMILES string of the molecule is c1ccc(-c2cc(-c3ccccc3)nc(-n3c4ccccc4c4cc5c(cc43)c3ccc4c6ccccc6oc4c3n5-c3ccccc3)n2)cc1. The molecule has 0 aliphatic carbocycles. The van der Waals surface area contributed by atoms with Crippen LogP contribution in [0.25, 0.3) is 99.7 Å². The van der Waals surface area contributed by atoms with Gasteiger partial charge in [-0.2, -0.15) is 0 Å². The molecule has 0 unspecified atom stereocenters. The number of fused-ring (bicyclic) bond motifs is 10. The molecule has 0 amide bonds. The van der Waals surface area contributed by atoms with Crippen LogP contribution in [0.5, 0.6) is 0 Å². The maximum Gasteiger partial charge on any atom is 0.235 e. The summed E-state index contributed by atoms with van der Waals surface area (Å²) in [5, 5.41) is 6.76. The summed E-state index contributed by atoms with van der Waals surface area (Å²) in [5.41, 5.74) is 11.0. The Morgan fingerprint density at radius 2 is 0.941 bits per heavy atom. The van der Waals surface area contributed by atoms with Gasteiger partial charge in [-0.1, -0.05) is 121 Å². The lowest BCUT2D eigenvalue weighted by atomic mass is 10.1. The molecule has 11 rings (SSSR count). The van der Waals surface area contributed by atoms with E-state index in [9.17, 15) is 0 Å². The largest absolute Gasteiger partial charge is 0.454 e. The van der Waals surface area contributed by atoms with E-state index < -0.39 is 0 Å². The molecule has 51 heavy (non-hydrogen) atoms. The zero-order chi connectivity index (χ0) is 33.5. The number of benzene rings is 7. The van der Waals surface area contributed by atoms with E-state index in [0.717, 1.165) is 93.8 Å². The normalized spacial score (nSPS) is 11.9. The Hall–Kier alpha value is -6.98. The lowest BCUT2D eigenvalue weighted by Gasteiger charge is -2.12. The van der Waals surface area contributed by atoms with Crippen LogP contribution < -0.4 is 0 Å². The Labute approximate surface area is 292 Å². The molecule has 0 radical (unpaired) electrons.